The molecule has 1 aromatic heterocycles. The molecule has 1 heterocycles. The Labute approximate surface area is 215 Å². The fourth-order valence-corrected chi connectivity index (χ4v) is 5.63. The number of hydrogen-bond donors (Lipinski definition) is 1. The summed E-state index contributed by atoms with van der Waals surface area (Å²) in [5.74, 6) is -2.17. The van der Waals surface area contributed by atoms with Crippen molar-refractivity contribution in [3.63, 3.8) is 0 Å². The van der Waals surface area contributed by atoms with Crippen molar-refractivity contribution in [2.24, 2.45) is 0 Å². The van der Waals surface area contributed by atoms with Crippen LogP contribution in [0.4, 0.5) is 17.6 Å². The second-order valence-corrected chi connectivity index (χ2v) is 10.4. The Bertz CT molecular complexity index is 1340. The standard InChI is InChI=1S/C23H21F4NO4S.2C2H6/c1-33(31,32)19-11-16(24)10-18-17-4-2-3-14(9-20(29)30)21(17)28(22(18)19)12-13-5-7-15(8-6-13)23(25,26)27;2*1-2/h5-8,10-11,14H,2-4,9,12H2,1H3,(H,29,30);2*1-2H3/t14-;;/m1../s1. The molecule has 0 amide bonds. The van der Waals surface area contributed by atoms with E-state index in [0.29, 0.717) is 41.5 Å². The van der Waals surface area contributed by atoms with Crippen LogP contribution in [0.5, 0.6) is 0 Å². The molecule has 3 aromatic rings. The topological polar surface area (TPSA) is 76.4 Å². The van der Waals surface area contributed by atoms with Gasteiger partial charge in [-0.15, -0.1) is 0 Å². The van der Waals surface area contributed by atoms with Crippen LogP contribution in [0.15, 0.2) is 41.3 Å². The van der Waals surface area contributed by atoms with Crippen molar-refractivity contribution in [1.82, 2.24) is 4.57 Å². The zero-order valence-corrected chi connectivity index (χ0v) is 22.4. The van der Waals surface area contributed by atoms with Gasteiger partial charge in [-0.25, -0.2) is 12.8 Å². The monoisotopic (exact) mass is 543 g/mol. The smallest absolute Gasteiger partial charge is 0.416 e. The maximum Gasteiger partial charge on any atom is 0.416 e. The van der Waals surface area contributed by atoms with E-state index in [1.54, 1.807) is 4.57 Å². The maximum absolute atomic E-state index is 14.4. The van der Waals surface area contributed by atoms with Crippen molar-refractivity contribution in [2.45, 2.75) is 76.9 Å². The predicted octanol–water partition coefficient (Wildman–Crippen LogP) is 7.20. The first-order valence-corrected chi connectivity index (χ1v) is 14.2. The van der Waals surface area contributed by atoms with Crippen molar-refractivity contribution in [3.8, 4) is 0 Å². The molecule has 1 aliphatic carbocycles. The Hall–Kier alpha value is -2.88. The van der Waals surface area contributed by atoms with Crippen molar-refractivity contribution >= 4 is 26.7 Å². The minimum Gasteiger partial charge on any atom is -0.481 e. The number of alkyl halides is 3. The van der Waals surface area contributed by atoms with Crippen molar-refractivity contribution in [3.05, 3.63) is 64.6 Å². The molecule has 0 fully saturated rings. The average molecular weight is 544 g/mol. The summed E-state index contributed by atoms with van der Waals surface area (Å²) in [4.78, 5) is 11.3. The molecule has 2 aromatic carbocycles. The van der Waals surface area contributed by atoms with Gasteiger partial charge < -0.3 is 9.67 Å². The molecule has 1 aliphatic rings. The van der Waals surface area contributed by atoms with Gasteiger partial charge in [0.15, 0.2) is 9.84 Å². The maximum atomic E-state index is 14.4. The fourth-order valence-electron chi connectivity index (χ4n) is 4.73. The quantitative estimate of drug-likeness (QED) is 0.345. The summed E-state index contributed by atoms with van der Waals surface area (Å²) >= 11 is 0. The molecule has 0 spiro atoms. The highest BCUT2D eigenvalue weighted by molar-refractivity contribution is 7.91. The molecule has 0 radical (unpaired) electrons. The van der Waals surface area contributed by atoms with E-state index in [0.717, 1.165) is 24.5 Å². The third kappa shape index (κ3) is 6.71. The number of fused-ring (bicyclic) bond motifs is 3. The van der Waals surface area contributed by atoms with E-state index in [-0.39, 0.29) is 23.4 Å². The van der Waals surface area contributed by atoms with Crippen molar-refractivity contribution < 1.29 is 35.9 Å². The lowest BCUT2D eigenvalue weighted by Crippen LogP contribution is -2.18. The number of aromatic nitrogens is 1. The predicted molar refractivity (Wildman–Crippen MR) is 136 cm³/mol. The summed E-state index contributed by atoms with van der Waals surface area (Å²) in [7, 11) is -3.86. The number of aliphatic carboxylic acids is 1. The molecule has 4 rings (SSSR count). The van der Waals surface area contributed by atoms with Crippen LogP contribution in [0.3, 0.4) is 0 Å². The normalized spacial score (nSPS) is 15.2. The van der Waals surface area contributed by atoms with Crippen LogP contribution in [0.1, 0.15) is 75.3 Å². The van der Waals surface area contributed by atoms with E-state index in [9.17, 15) is 35.9 Å². The molecule has 1 N–H and O–H groups in total. The molecule has 1 atom stereocenters. The Morgan fingerprint density at radius 1 is 1.08 bits per heavy atom. The van der Waals surface area contributed by atoms with E-state index in [1.165, 1.54) is 18.2 Å². The van der Waals surface area contributed by atoms with Crippen LogP contribution in [0.2, 0.25) is 0 Å². The molecule has 204 valence electrons. The molecule has 0 saturated heterocycles. The van der Waals surface area contributed by atoms with E-state index in [2.05, 4.69) is 0 Å². The first-order valence-electron chi connectivity index (χ1n) is 12.3. The van der Waals surface area contributed by atoms with Crippen molar-refractivity contribution in [2.75, 3.05) is 6.26 Å². The van der Waals surface area contributed by atoms with Gasteiger partial charge in [-0.05, 0) is 54.7 Å². The first kappa shape index (κ1) is 30.3. The number of aryl methyl sites for hydroxylation is 1. The van der Waals surface area contributed by atoms with Gasteiger partial charge in [0.25, 0.3) is 0 Å². The zero-order chi connectivity index (χ0) is 28.1. The number of hydrogen-bond acceptors (Lipinski definition) is 3. The number of nitrogens with zero attached hydrogens (tertiary/aromatic N) is 1. The lowest BCUT2D eigenvalue weighted by Gasteiger charge is -2.25. The SMILES string of the molecule is CC.CC.CS(=O)(=O)c1cc(F)cc2c3c(n(Cc4ccc(C(F)(F)F)cc4)c12)[C@@H](CC(=O)O)CCC3. The van der Waals surface area contributed by atoms with Crippen LogP contribution >= 0.6 is 0 Å². The summed E-state index contributed by atoms with van der Waals surface area (Å²) in [6.45, 7) is 8.02. The van der Waals surface area contributed by atoms with E-state index in [1.807, 2.05) is 27.7 Å². The second-order valence-electron chi connectivity index (χ2n) is 8.40. The van der Waals surface area contributed by atoms with Gasteiger partial charge in [-0.1, -0.05) is 39.8 Å². The average Bonchev–Trinajstić information content (AvgIpc) is 3.14. The van der Waals surface area contributed by atoms with Crippen LogP contribution in [-0.4, -0.2) is 30.3 Å². The highest BCUT2D eigenvalue weighted by atomic mass is 32.2. The number of carbonyl (C=O) groups is 1. The number of carboxylic acids is 1. The molecule has 0 aliphatic heterocycles. The van der Waals surface area contributed by atoms with E-state index in [4.69, 9.17) is 0 Å². The minimum absolute atomic E-state index is 0.0221. The van der Waals surface area contributed by atoms with Crippen LogP contribution in [-0.2, 0) is 33.8 Å². The number of halogens is 4. The summed E-state index contributed by atoms with van der Waals surface area (Å²) in [5.41, 5.74) is 1.22. The third-order valence-corrected chi connectivity index (χ3v) is 7.15. The molecule has 0 unspecified atom stereocenters. The van der Waals surface area contributed by atoms with E-state index < -0.39 is 39.3 Å². The zero-order valence-electron chi connectivity index (χ0n) is 21.6. The molecular formula is C27H33F4NO4S. The first-order chi connectivity index (χ1) is 17.4. The molecule has 0 saturated carbocycles. The van der Waals surface area contributed by atoms with Gasteiger partial charge in [-0.3, -0.25) is 4.79 Å². The van der Waals surface area contributed by atoms with Gasteiger partial charge in [0.1, 0.15) is 5.82 Å². The summed E-state index contributed by atoms with van der Waals surface area (Å²) in [5, 5.41) is 9.81. The molecule has 0 bridgehead atoms. The summed E-state index contributed by atoms with van der Waals surface area (Å²) in [6, 6.07) is 6.67. The highest BCUT2D eigenvalue weighted by Gasteiger charge is 2.33. The Morgan fingerprint density at radius 2 is 1.68 bits per heavy atom. The Morgan fingerprint density at radius 3 is 2.19 bits per heavy atom. The van der Waals surface area contributed by atoms with Gasteiger partial charge in [-0.2, -0.15) is 13.2 Å². The van der Waals surface area contributed by atoms with Gasteiger partial charge >= 0.3 is 12.1 Å². The van der Waals surface area contributed by atoms with Gasteiger partial charge in [0.05, 0.1) is 22.4 Å². The van der Waals surface area contributed by atoms with Crippen LogP contribution < -0.4 is 0 Å². The van der Waals surface area contributed by atoms with E-state index >= 15 is 0 Å². The lowest BCUT2D eigenvalue weighted by atomic mass is 9.84. The Kier molecular flexibility index (Phi) is 9.93. The van der Waals surface area contributed by atoms with Crippen molar-refractivity contribution in [1.29, 1.82) is 0 Å². The number of benzene rings is 2. The Balaban J connectivity index is 0.00000115. The van der Waals surface area contributed by atoms with Gasteiger partial charge in [0, 0.05) is 29.8 Å². The fraction of sp³-hybridized carbons (Fsp3) is 0.444. The minimum atomic E-state index is -4.49. The summed E-state index contributed by atoms with van der Waals surface area (Å²) in [6.07, 6.45) is -1.98. The van der Waals surface area contributed by atoms with Gasteiger partial charge in [0.2, 0.25) is 0 Å². The molecule has 37 heavy (non-hydrogen) atoms. The summed E-state index contributed by atoms with van der Waals surface area (Å²) < 4.78 is 80.0. The molecule has 10 heteroatoms. The number of sulfone groups is 1. The number of carboxylic acid groups (broad SMARTS) is 1. The highest BCUT2D eigenvalue weighted by Crippen LogP contribution is 2.43. The van der Waals surface area contributed by atoms with Crippen LogP contribution in [0, 0.1) is 5.82 Å². The van der Waals surface area contributed by atoms with Crippen LogP contribution in [0.25, 0.3) is 10.9 Å². The lowest BCUT2D eigenvalue weighted by molar-refractivity contribution is -0.138. The largest absolute Gasteiger partial charge is 0.481 e. The second kappa shape index (κ2) is 12.1. The number of rotatable bonds is 5. The molecular weight excluding hydrogens is 510 g/mol. The third-order valence-electron chi connectivity index (χ3n) is 6.04. The molecule has 5 nitrogen and oxygen atoms in total.